The summed E-state index contributed by atoms with van der Waals surface area (Å²) >= 11 is 6.59. The van der Waals surface area contributed by atoms with Gasteiger partial charge in [-0.3, -0.25) is 9.59 Å². The number of allylic oxidation sites excluding steroid dienone is 2. The standard InChI is InChI=1S/C21H26ClNO4S/c1-13(2)14-9-10-15(21(26)18-16(24)7-6-8-17(18)25)19(22)20(14)23-28(27)11-4-3-5-12-28/h9-10,13,24H,3-8,11-12H2,1-2H3. The largest absolute Gasteiger partial charge is 0.511 e. The third-order valence-corrected chi connectivity index (χ3v) is 8.06. The highest BCUT2D eigenvalue weighted by Crippen LogP contribution is 2.39. The van der Waals surface area contributed by atoms with Crippen molar-refractivity contribution < 1.29 is 18.9 Å². The van der Waals surface area contributed by atoms with Crippen molar-refractivity contribution in [2.45, 2.75) is 58.3 Å². The molecule has 28 heavy (non-hydrogen) atoms. The van der Waals surface area contributed by atoms with Gasteiger partial charge in [-0.2, -0.15) is 4.36 Å². The van der Waals surface area contributed by atoms with Crippen molar-refractivity contribution in [3.8, 4) is 0 Å². The number of ketones is 2. The second-order valence-corrected chi connectivity index (χ2v) is 10.7. The zero-order chi connectivity index (χ0) is 20.5. The van der Waals surface area contributed by atoms with Crippen LogP contribution in [0.1, 0.15) is 74.2 Å². The summed E-state index contributed by atoms with van der Waals surface area (Å²) in [6, 6.07) is 3.34. The van der Waals surface area contributed by atoms with Gasteiger partial charge < -0.3 is 5.11 Å². The lowest BCUT2D eigenvalue weighted by molar-refractivity contribution is -0.116. The lowest BCUT2D eigenvalue weighted by atomic mass is 9.89. The SMILES string of the molecule is CC(C)c1ccc(C(=O)C2=C(O)CCCC2=O)c(Cl)c1N=S1(=O)CCCCC1. The van der Waals surface area contributed by atoms with Crippen LogP contribution in [-0.2, 0) is 14.5 Å². The van der Waals surface area contributed by atoms with E-state index in [1.165, 1.54) is 0 Å². The summed E-state index contributed by atoms with van der Waals surface area (Å²) in [5.74, 6) is 0.0114. The molecule has 0 spiro atoms. The number of aliphatic hydroxyl groups is 1. The molecule has 0 amide bonds. The number of aliphatic hydroxyl groups excluding tert-OH is 1. The Balaban J connectivity index is 2.15. The molecule has 1 heterocycles. The number of benzene rings is 1. The summed E-state index contributed by atoms with van der Waals surface area (Å²) in [6.45, 7) is 3.97. The van der Waals surface area contributed by atoms with E-state index in [1.807, 2.05) is 13.8 Å². The molecule has 1 aromatic rings. The van der Waals surface area contributed by atoms with E-state index < -0.39 is 15.5 Å². The fourth-order valence-electron chi connectivity index (χ4n) is 3.72. The summed E-state index contributed by atoms with van der Waals surface area (Å²) in [4.78, 5) is 25.2. The zero-order valence-electron chi connectivity index (χ0n) is 16.3. The number of hydrogen-bond acceptors (Lipinski definition) is 5. The molecular formula is C21H26ClNO4S. The predicted molar refractivity (Wildman–Crippen MR) is 112 cm³/mol. The number of carbonyl (C=O) groups is 2. The van der Waals surface area contributed by atoms with Gasteiger partial charge in [0.05, 0.1) is 20.4 Å². The lowest BCUT2D eigenvalue weighted by Crippen LogP contribution is -2.20. The van der Waals surface area contributed by atoms with E-state index in [1.54, 1.807) is 12.1 Å². The second-order valence-electron chi connectivity index (χ2n) is 7.78. The average Bonchev–Trinajstić information content (AvgIpc) is 2.63. The Bertz CT molecular complexity index is 959. The minimum Gasteiger partial charge on any atom is -0.511 e. The van der Waals surface area contributed by atoms with Crippen molar-refractivity contribution in [2.75, 3.05) is 11.5 Å². The summed E-state index contributed by atoms with van der Waals surface area (Å²) in [6.07, 6.45) is 3.85. The molecule has 0 aromatic heterocycles. The summed E-state index contributed by atoms with van der Waals surface area (Å²) in [5.41, 5.74) is 1.15. The minimum absolute atomic E-state index is 0.0796. The van der Waals surface area contributed by atoms with Gasteiger partial charge in [-0.1, -0.05) is 37.9 Å². The molecule has 152 valence electrons. The van der Waals surface area contributed by atoms with Gasteiger partial charge in [0.25, 0.3) is 0 Å². The first-order valence-electron chi connectivity index (χ1n) is 9.78. The van der Waals surface area contributed by atoms with E-state index in [0.717, 1.165) is 24.8 Å². The highest BCUT2D eigenvalue weighted by molar-refractivity contribution is 7.93. The number of hydrogen-bond donors (Lipinski definition) is 1. The van der Waals surface area contributed by atoms with Crippen molar-refractivity contribution in [1.82, 2.24) is 0 Å². The van der Waals surface area contributed by atoms with Gasteiger partial charge in [0, 0.05) is 29.9 Å². The van der Waals surface area contributed by atoms with E-state index in [4.69, 9.17) is 11.6 Å². The van der Waals surface area contributed by atoms with Crippen LogP contribution in [0, 0.1) is 0 Å². The van der Waals surface area contributed by atoms with Crippen molar-refractivity contribution in [2.24, 2.45) is 4.36 Å². The van der Waals surface area contributed by atoms with Crippen molar-refractivity contribution in [3.63, 3.8) is 0 Å². The molecule has 0 saturated carbocycles. The van der Waals surface area contributed by atoms with Crippen molar-refractivity contribution in [3.05, 3.63) is 39.6 Å². The molecule has 5 nitrogen and oxygen atoms in total. The summed E-state index contributed by atoms with van der Waals surface area (Å²) in [5, 5.41) is 10.2. The van der Waals surface area contributed by atoms with Gasteiger partial charge in [0.15, 0.2) is 5.78 Å². The molecule has 1 aromatic carbocycles. The zero-order valence-corrected chi connectivity index (χ0v) is 17.9. The van der Waals surface area contributed by atoms with Crippen molar-refractivity contribution >= 4 is 38.6 Å². The Morgan fingerprint density at radius 1 is 1.14 bits per heavy atom. The normalized spacial score (nSPS) is 19.8. The Morgan fingerprint density at radius 2 is 1.82 bits per heavy atom. The van der Waals surface area contributed by atoms with E-state index in [2.05, 4.69) is 4.36 Å². The molecule has 2 aliphatic rings. The molecule has 1 N–H and O–H groups in total. The fraction of sp³-hybridized carbons (Fsp3) is 0.524. The molecule has 1 fully saturated rings. The lowest BCUT2D eigenvalue weighted by Gasteiger charge is -2.20. The predicted octanol–water partition coefficient (Wildman–Crippen LogP) is 5.49. The van der Waals surface area contributed by atoms with E-state index >= 15 is 0 Å². The maximum absolute atomic E-state index is 13.2. The maximum Gasteiger partial charge on any atom is 0.201 e. The number of halogens is 1. The third-order valence-electron chi connectivity index (χ3n) is 5.31. The molecule has 7 heteroatoms. The van der Waals surface area contributed by atoms with Crippen LogP contribution in [0.15, 0.2) is 27.8 Å². The molecule has 0 bridgehead atoms. The molecular weight excluding hydrogens is 398 g/mol. The summed E-state index contributed by atoms with van der Waals surface area (Å²) < 4.78 is 17.8. The molecule has 0 radical (unpaired) electrons. The van der Waals surface area contributed by atoms with Gasteiger partial charge in [-0.25, -0.2) is 4.21 Å². The van der Waals surface area contributed by atoms with Gasteiger partial charge in [-0.05, 0) is 36.8 Å². The minimum atomic E-state index is -2.41. The molecule has 0 unspecified atom stereocenters. The monoisotopic (exact) mass is 423 g/mol. The van der Waals surface area contributed by atoms with Crippen LogP contribution in [0.25, 0.3) is 0 Å². The van der Waals surface area contributed by atoms with Gasteiger partial charge in [-0.15, -0.1) is 0 Å². The molecule has 3 rings (SSSR count). The Kier molecular flexibility index (Phi) is 6.30. The Labute approximate surface area is 171 Å². The van der Waals surface area contributed by atoms with Gasteiger partial charge in [0.1, 0.15) is 11.3 Å². The van der Waals surface area contributed by atoms with E-state index in [-0.39, 0.29) is 40.0 Å². The first-order chi connectivity index (χ1) is 13.2. The van der Waals surface area contributed by atoms with Crippen LogP contribution in [0.3, 0.4) is 0 Å². The van der Waals surface area contributed by atoms with Crippen LogP contribution in [0.5, 0.6) is 0 Å². The smallest absolute Gasteiger partial charge is 0.201 e. The van der Waals surface area contributed by atoms with Crippen LogP contribution in [0.2, 0.25) is 5.02 Å². The molecule has 0 atom stereocenters. The number of rotatable bonds is 4. The van der Waals surface area contributed by atoms with Gasteiger partial charge >= 0.3 is 0 Å². The molecule has 1 aliphatic carbocycles. The first kappa shape index (κ1) is 21.1. The van der Waals surface area contributed by atoms with Crippen molar-refractivity contribution in [1.29, 1.82) is 0 Å². The van der Waals surface area contributed by atoms with Crippen LogP contribution >= 0.6 is 11.6 Å². The van der Waals surface area contributed by atoms with Crippen LogP contribution in [0.4, 0.5) is 5.69 Å². The fourth-order valence-corrected chi connectivity index (χ4v) is 6.30. The van der Waals surface area contributed by atoms with Crippen LogP contribution < -0.4 is 0 Å². The third kappa shape index (κ3) is 4.18. The van der Waals surface area contributed by atoms with Gasteiger partial charge in [0.2, 0.25) is 5.78 Å². The quantitative estimate of drug-likeness (QED) is 0.512. The second kappa shape index (κ2) is 8.37. The number of Topliss-reactive ketones (excluding diaryl/α,β-unsaturated/α-hetero) is 2. The highest BCUT2D eigenvalue weighted by Gasteiger charge is 2.30. The van der Waals surface area contributed by atoms with Crippen LogP contribution in [-0.4, -0.2) is 32.4 Å². The highest BCUT2D eigenvalue weighted by atomic mass is 35.5. The van der Waals surface area contributed by atoms with E-state index in [9.17, 15) is 18.9 Å². The average molecular weight is 424 g/mol. The molecule has 1 saturated heterocycles. The number of carbonyl (C=O) groups excluding carboxylic acids is 2. The number of nitrogens with zero attached hydrogens (tertiary/aromatic N) is 1. The molecule has 1 aliphatic heterocycles. The Hall–Kier alpha value is -1.66. The maximum atomic E-state index is 13.2. The Morgan fingerprint density at radius 3 is 2.43 bits per heavy atom. The summed E-state index contributed by atoms with van der Waals surface area (Å²) in [7, 11) is -2.41. The van der Waals surface area contributed by atoms with E-state index in [0.29, 0.717) is 30.0 Å². The first-order valence-corrected chi connectivity index (χ1v) is 12.0. The topological polar surface area (TPSA) is 83.8 Å².